The van der Waals surface area contributed by atoms with Crippen LogP contribution in [0.2, 0.25) is 0 Å². The molecule has 0 saturated heterocycles. The van der Waals surface area contributed by atoms with Gasteiger partial charge < -0.3 is 15.8 Å². The lowest BCUT2D eigenvalue weighted by Gasteiger charge is -2.12. The zero-order valence-corrected chi connectivity index (χ0v) is 13.0. The molecule has 21 heavy (non-hydrogen) atoms. The monoisotopic (exact) mass is 327 g/mol. The fourth-order valence-electron chi connectivity index (χ4n) is 1.33. The van der Waals surface area contributed by atoms with Gasteiger partial charge in [-0.3, -0.25) is 10.2 Å². The standard InChI is InChI=1S/C13H14ClN3O3S/c1-6(8-4-5-9(21-8)7(2)18)17-11(13(19)20-3)10(14)12(15)16/h4-5,17H,1H2,2-3H3,(H3,15,16). The number of ether oxygens (including phenoxy) is 1. The molecule has 0 fully saturated rings. The molecule has 0 atom stereocenters. The maximum atomic E-state index is 11.7. The van der Waals surface area contributed by atoms with Gasteiger partial charge >= 0.3 is 5.97 Å². The summed E-state index contributed by atoms with van der Waals surface area (Å²) in [7, 11) is 1.18. The van der Waals surface area contributed by atoms with E-state index in [1.54, 1.807) is 12.1 Å². The topological polar surface area (TPSA) is 105 Å². The molecular formula is C13H14ClN3O3S. The number of ketones is 1. The first-order valence-corrected chi connectivity index (χ1v) is 6.87. The highest BCUT2D eigenvalue weighted by molar-refractivity contribution is 7.15. The predicted octanol–water partition coefficient (Wildman–Crippen LogP) is 2.07. The summed E-state index contributed by atoms with van der Waals surface area (Å²) in [5.74, 6) is -1.32. The van der Waals surface area contributed by atoms with E-state index < -0.39 is 11.8 Å². The van der Waals surface area contributed by atoms with Crippen molar-refractivity contribution < 1.29 is 14.3 Å². The molecule has 6 nitrogen and oxygen atoms in total. The van der Waals surface area contributed by atoms with Crippen molar-refractivity contribution in [3.05, 3.63) is 39.2 Å². The second-order valence-electron chi connectivity index (χ2n) is 3.92. The second kappa shape index (κ2) is 7.05. The smallest absolute Gasteiger partial charge is 0.356 e. The SMILES string of the molecule is C=C(NC(C(=O)OC)=C(Cl)C(=N)N)c1ccc(C(C)=O)s1. The van der Waals surface area contributed by atoms with Crippen molar-refractivity contribution in [2.24, 2.45) is 5.73 Å². The van der Waals surface area contributed by atoms with E-state index in [4.69, 9.17) is 22.7 Å². The van der Waals surface area contributed by atoms with E-state index in [1.807, 2.05) is 0 Å². The molecule has 0 saturated carbocycles. The summed E-state index contributed by atoms with van der Waals surface area (Å²) in [4.78, 5) is 24.1. The first kappa shape index (κ1) is 16.9. The van der Waals surface area contributed by atoms with Gasteiger partial charge in [0.05, 0.1) is 16.9 Å². The number of methoxy groups -OCH3 is 1. The zero-order chi connectivity index (χ0) is 16.2. The van der Waals surface area contributed by atoms with Crippen LogP contribution in [0.3, 0.4) is 0 Å². The number of carbonyl (C=O) groups excluding carboxylic acids is 2. The van der Waals surface area contributed by atoms with E-state index in [9.17, 15) is 9.59 Å². The third-order valence-corrected chi connectivity index (χ3v) is 4.01. The van der Waals surface area contributed by atoms with Crippen LogP contribution in [0.4, 0.5) is 0 Å². The lowest BCUT2D eigenvalue weighted by molar-refractivity contribution is -0.136. The lowest BCUT2D eigenvalue weighted by atomic mass is 10.3. The number of nitrogens with one attached hydrogen (secondary N) is 2. The summed E-state index contributed by atoms with van der Waals surface area (Å²) >= 11 is 7.03. The van der Waals surface area contributed by atoms with E-state index in [-0.39, 0.29) is 16.5 Å². The van der Waals surface area contributed by atoms with Crippen molar-refractivity contribution in [1.82, 2.24) is 5.32 Å². The van der Waals surface area contributed by atoms with Crippen molar-refractivity contribution >= 4 is 46.2 Å². The summed E-state index contributed by atoms with van der Waals surface area (Å²) in [6.07, 6.45) is 0. The lowest BCUT2D eigenvalue weighted by Crippen LogP contribution is -2.25. The van der Waals surface area contributed by atoms with Crippen LogP contribution in [0.25, 0.3) is 5.70 Å². The maximum Gasteiger partial charge on any atom is 0.356 e. The molecular weight excluding hydrogens is 314 g/mol. The minimum Gasteiger partial charge on any atom is -0.464 e. The molecule has 0 bridgehead atoms. The fourth-order valence-corrected chi connectivity index (χ4v) is 2.29. The zero-order valence-electron chi connectivity index (χ0n) is 11.5. The van der Waals surface area contributed by atoms with Gasteiger partial charge in [0.15, 0.2) is 5.78 Å². The van der Waals surface area contributed by atoms with Crippen molar-refractivity contribution in [1.29, 1.82) is 5.41 Å². The Morgan fingerprint density at radius 2 is 2.00 bits per heavy atom. The Bertz CT molecular complexity index is 649. The minimum absolute atomic E-state index is 0.0652. The third kappa shape index (κ3) is 4.17. The van der Waals surface area contributed by atoms with Crippen LogP contribution >= 0.6 is 22.9 Å². The molecule has 112 valence electrons. The van der Waals surface area contributed by atoms with Crippen molar-refractivity contribution in [2.45, 2.75) is 6.92 Å². The maximum absolute atomic E-state index is 11.7. The molecule has 0 aliphatic rings. The van der Waals surface area contributed by atoms with Gasteiger partial charge in [-0.2, -0.15) is 0 Å². The number of rotatable bonds is 6. The summed E-state index contributed by atoms with van der Waals surface area (Å²) in [5, 5.41) is 9.68. The molecule has 0 aliphatic carbocycles. The molecule has 8 heteroatoms. The summed E-state index contributed by atoms with van der Waals surface area (Å²) in [5.41, 5.74) is 5.42. The van der Waals surface area contributed by atoms with Gasteiger partial charge in [0.25, 0.3) is 0 Å². The van der Waals surface area contributed by atoms with E-state index >= 15 is 0 Å². The number of nitrogens with two attached hydrogens (primary N) is 1. The first-order valence-electron chi connectivity index (χ1n) is 5.67. The summed E-state index contributed by atoms with van der Waals surface area (Å²) in [6.45, 7) is 5.23. The predicted molar refractivity (Wildman–Crippen MR) is 83.3 cm³/mol. The Hall–Kier alpha value is -2.12. The van der Waals surface area contributed by atoms with E-state index in [2.05, 4.69) is 16.6 Å². The highest BCUT2D eigenvalue weighted by atomic mass is 35.5. The van der Waals surface area contributed by atoms with Crippen LogP contribution in [0.5, 0.6) is 0 Å². The van der Waals surface area contributed by atoms with Crippen LogP contribution in [0, 0.1) is 5.41 Å². The van der Waals surface area contributed by atoms with Gasteiger partial charge in [0.2, 0.25) is 0 Å². The molecule has 0 aromatic carbocycles. The number of hydrogen-bond acceptors (Lipinski definition) is 6. The Labute approximate surface area is 130 Å². The molecule has 1 rings (SSSR count). The summed E-state index contributed by atoms with van der Waals surface area (Å²) in [6, 6.07) is 3.34. The number of halogens is 1. The molecule has 1 aromatic heterocycles. The average molecular weight is 328 g/mol. The minimum atomic E-state index is -0.778. The normalized spacial score (nSPS) is 11.4. The average Bonchev–Trinajstić information content (AvgIpc) is 2.92. The van der Waals surface area contributed by atoms with Gasteiger partial charge in [-0.1, -0.05) is 18.2 Å². The molecule has 0 aliphatic heterocycles. The number of esters is 1. The quantitative estimate of drug-likeness (QED) is 0.244. The van der Waals surface area contributed by atoms with Gasteiger partial charge in [-0.15, -0.1) is 11.3 Å². The van der Waals surface area contributed by atoms with E-state index in [0.29, 0.717) is 15.5 Å². The van der Waals surface area contributed by atoms with Gasteiger partial charge in [0, 0.05) is 5.70 Å². The van der Waals surface area contributed by atoms with Gasteiger partial charge in [0.1, 0.15) is 16.6 Å². The molecule has 0 unspecified atom stereocenters. The molecule has 0 spiro atoms. The van der Waals surface area contributed by atoms with Crippen molar-refractivity contribution in [2.75, 3.05) is 7.11 Å². The Morgan fingerprint density at radius 3 is 2.43 bits per heavy atom. The Morgan fingerprint density at radius 1 is 1.43 bits per heavy atom. The fraction of sp³-hybridized carbons (Fsp3) is 0.154. The van der Waals surface area contributed by atoms with Gasteiger partial charge in [-0.05, 0) is 19.1 Å². The van der Waals surface area contributed by atoms with Crippen LogP contribution < -0.4 is 11.1 Å². The van der Waals surface area contributed by atoms with Crippen LogP contribution in [0.1, 0.15) is 21.5 Å². The Balaban J connectivity index is 3.06. The number of carbonyl (C=O) groups is 2. The first-order chi connectivity index (χ1) is 9.77. The molecule has 4 N–H and O–H groups in total. The molecule has 1 heterocycles. The largest absolute Gasteiger partial charge is 0.464 e. The number of amidine groups is 1. The molecule has 1 aromatic rings. The van der Waals surface area contributed by atoms with Crippen LogP contribution in [0.15, 0.2) is 29.4 Å². The highest BCUT2D eigenvalue weighted by Gasteiger charge is 2.19. The number of Topliss-reactive ketones (excluding diaryl/α,β-unsaturated/α-hetero) is 1. The highest BCUT2D eigenvalue weighted by Crippen LogP contribution is 2.23. The van der Waals surface area contributed by atoms with Crippen molar-refractivity contribution in [3.63, 3.8) is 0 Å². The number of hydrogen-bond donors (Lipinski definition) is 3. The molecule has 0 radical (unpaired) electrons. The second-order valence-corrected chi connectivity index (χ2v) is 5.38. The van der Waals surface area contributed by atoms with E-state index in [1.165, 1.54) is 25.4 Å². The Kier molecular flexibility index (Phi) is 5.69. The van der Waals surface area contributed by atoms with E-state index in [0.717, 1.165) is 0 Å². The van der Waals surface area contributed by atoms with Crippen molar-refractivity contribution in [3.8, 4) is 0 Å². The molecule has 0 amide bonds. The third-order valence-electron chi connectivity index (χ3n) is 2.37. The summed E-state index contributed by atoms with van der Waals surface area (Å²) < 4.78 is 4.58. The number of thiophene rings is 1. The van der Waals surface area contributed by atoms with Gasteiger partial charge in [-0.25, -0.2) is 4.79 Å². The van der Waals surface area contributed by atoms with Crippen LogP contribution in [-0.2, 0) is 9.53 Å². The van der Waals surface area contributed by atoms with Crippen LogP contribution in [-0.4, -0.2) is 24.7 Å².